The van der Waals surface area contributed by atoms with Crippen molar-refractivity contribution < 1.29 is 9.59 Å². The Kier molecular flexibility index (Phi) is 4.87. The Hall–Kier alpha value is -2.00. The summed E-state index contributed by atoms with van der Waals surface area (Å²) in [6, 6.07) is 5.57. The average molecular weight is 329 g/mol. The van der Waals surface area contributed by atoms with Crippen LogP contribution in [0.2, 0.25) is 0 Å². The van der Waals surface area contributed by atoms with E-state index in [9.17, 15) is 9.59 Å². The van der Waals surface area contributed by atoms with Gasteiger partial charge in [0.2, 0.25) is 5.91 Å². The van der Waals surface area contributed by atoms with E-state index in [0.717, 1.165) is 30.0 Å². The molecule has 3 heterocycles. The van der Waals surface area contributed by atoms with Crippen LogP contribution in [0.1, 0.15) is 18.5 Å². The second-order valence-electron chi connectivity index (χ2n) is 5.87. The van der Waals surface area contributed by atoms with Crippen LogP contribution in [0.15, 0.2) is 24.4 Å². The van der Waals surface area contributed by atoms with Crippen molar-refractivity contribution in [2.45, 2.75) is 19.3 Å². The van der Waals surface area contributed by atoms with E-state index in [0.29, 0.717) is 18.0 Å². The minimum Gasteiger partial charge on any atom is -0.355 e. The molecule has 0 spiro atoms. The van der Waals surface area contributed by atoms with Crippen LogP contribution >= 0.6 is 10.5 Å². The summed E-state index contributed by atoms with van der Waals surface area (Å²) >= 11 is 0. The van der Waals surface area contributed by atoms with E-state index >= 15 is 0 Å². The van der Waals surface area contributed by atoms with E-state index in [1.54, 1.807) is 6.20 Å². The largest absolute Gasteiger partial charge is 0.355 e. The minimum atomic E-state index is -0.429. The molecule has 0 radical (unpaired) electrons. The van der Waals surface area contributed by atoms with Crippen LogP contribution in [-0.2, 0) is 16.0 Å². The van der Waals surface area contributed by atoms with Gasteiger partial charge in [-0.15, -0.1) is 0 Å². The molecule has 1 amide bonds. The van der Waals surface area contributed by atoms with Crippen LogP contribution in [-0.4, -0.2) is 39.7 Å². The fourth-order valence-corrected chi connectivity index (χ4v) is 5.45. The summed E-state index contributed by atoms with van der Waals surface area (Å²) in [5.41, 5.74) is 0.806. The van der Waals surface area contributed by atoms with Crippen LogP contribution in [0, 0.1) is 18.4 Å². The van der Waals surface area contributed by atoms with Crippen molar-refractivity contribution in [1.82, 2.24) is 10.3 Å². The van der Waals surface area contributed by atoms with Crippen molar-refractivity contribution >= 4 is 27.2 Å². The van der Waals surface area contributed by atoms with Crippen LogP contribution in [0.4, 0.5) is 0 Å². The Labute approximate surface area is 138 Å². The lowest BCUT2D eigenvalue weighted by Gasteiger charge is -2.16. The standard InChI is InChI=1S/C17H19N3O2S/c1-18-17(23-8-4-5-9-23)15(21)14-11-20-16(22)13(14)10-12-6-2-3-7-19-12/h2-3,6-7,13-14H,4-5,8-11H2,(H,20,22)/t13-,14+/m1/s1. The first kappa shape index (κ1) is 15.9. The molecule has 2 saturated heterocycles. The number of pyridine rings is 1. The van der Waals surface area contributed by atoms with Gasteiger partial charge in [0.25, 0.3) is 4.99 Å². The van der Waals surface area contributed by atoms with Gasteiger partial charge < -0.3 is 10.1 Å². The molecule has 23 heavy (non-hydrogen) atoms. The first-order valence-electron chi connectivity index (χ1n) is 7.84. The molecule has 1 N–H and O–H groups in total. The maximum atomic E-state index is 12.9. The zero-order valence-corrected chi connectivity index (χ0v) is 13.6. The lowest BCUT2D eigenvalue weighted by Crippen LogP contribution is -2.30. The van der Waals surface area contributed by atoms with Gasteiger partial charge in [-0.2, -0.15) is 10.5 Å². The predicted molar refractivity (Wildman–Crippen MR) is 91.1 cm³/mol. The smallest absolute Gasteiger partial charge is 0.255 e. The molecule has 6 heteroatoms. The molecule has 0 unspecified atom stereocenters. The Morgan fingerprint density at radius 2 is 2.17 bits per heavy atom. The highest BCUT2D eigenvalue weighted by Gasteiger charge is 2.41. The molecule has 0 aromatic carbocycles. The van der Waals surface area contributed by atoms with Gasteiger partial charge in [-0.3, -0.25) is 9.78 Å². The highest BCUT2D eigenvalue weighted by molar-refractivity contribution is 8.17. The molecule has 2 atom stereocenters. The number of nitrogens with zero attached hydrogens (tertiary/aromatic N) is 2. The number of carbonyl (C=O) groups excluding carboxylic acids is 2. The first-order chi connectivity index (χ1) is 11.2. The zero-order chi connectivity index (χ0) is 16.2. The lowest BCUT2D eigenvalue weighted by atomic mass is 9.87. The van der Waals surface area contributed by atoms with Gasteiger partial charge in [0.15, 0.2) is 5.78 Å². The highest BCUT2D eigenvalue weighted by Crippen LogP contribution is 2.31. The maximum absolute atomic E-state index is 12.9. The molecule has 3 rings (SSSR count). The van der Waals surface area contributed by atoms with Crippen molar-refractivity contribution in [2.24, 2.45) is 11.8 Å². The molecule has 120 valence electrons. The van der Waals surface area contributed by atoms with Crippen LogP contribution in [0.5, 0.6) is 0 Å². The van der Waals surface area contributed by atoms with Gasteiger partial charge in [0, 0.05) is 30.8 Å². The summed E-state index contributed by atoms with van der Waals surface area (Å²) in [7, 11) is -0.206. The molecule has 2 fully saturated rings. The minimum absolute atomic E-state index is 0.104. The number of Topliss-reactive ketones (excluding diaryl/α,β-unsaturated/α-hetero) is 1. The van der Waals surface area contributed by atoms with E-state index in [2.05, 4.69) is 15.1 Å². The molecular formula is C17H19N3O2S. The van der Waals surface area contributed by atoms with E-state index in [1.165, 1.54) is 0 Å². The molecule has 0 aliphatic carbocycles. The maximum Gasteiger partial charge on any atom is 0.255 e. The lowest BCUT2D eigenvalue weighted by molar-refractivity contribution is -0.125. The summed E-state index contributed by atoms with van der Waals surface area (Å²) in [5.74, 6) is 0.824. The van der Waals surface area contributed by atoms with Gasteiger partial charge in [0.1, 0.15) is 0 Å². The Morgan fingerprint density at radius 1 is 1.39 bits per heavy atom. The number of rotatable bonds is 4. The summed E-state index contributed by atoms with van der Waals surface area (Å²) in [4.78, 5) is 33.2. The number of hydrogen-bond donors (Lipinski definition) is 1. The summed E-state index contributed by atoms with van der Waals surface area (Å²) in [6.45, 7) is 7.75. The third-order valence-corrected chi connectivity index (χ3v) is 6.83. The van der Waals surface area contributed by atoms with E-state index in [4.69, 9.17) is 6.57 Å². The Morgan fingerprint density at radius 3 is 2.83 bits per heavy atom. The second-order valence-corrected chi connectivity index (χ2v) is 8.06. The number of carbonyl (C=O) groups is 2. The van der Waals surface area contributed by atoms with Gasteiger partial charge in [-0.05, 0) is 36.5 Å². The second kappa shape index (κ2) is 7.05. The number of hydrogen-bond acceptors (Lipinski definition) is 3. The predicted octanol–water partition coefficient (Wildman–Crippen LogP) is 1.67. The van der Waals surface area contributed by atoms with Gasteiger partial charge in [-0.1, -0.05) is 6.07 Å². The third-order valence-electron chi connectivity index (χ3n) is 4.43. The van der Waals surface area contributed by atoms with Crippen LogP contribution in [0.25, 0.3) is 4.85 Å². The molecule has 0 saturated carbocycles. The fourth-order valence-electron chi connectivity index (χ4n) is 3.19. The SMILES string of the molecule is [C-]#[N+]C(C(=O)[C@H]1CNC(=O)[C@@H]1Cc1ccccn1)=S1CCCC1. The van der Waals surface area contributed by atoms with Gasteiger partial charge in [-0.25, -0.2) is 4.85 Å². The summed E-state index contributed by atoms with van der Waals surface area (Å²) in [6.07, 6.45) is 4.32. The van der Waals surface area contributed by atoms with Crippen LogP contribution < -0.4 is 5.32 Å². The number of nitrogens with one attached hydrogen (secondary N) is 1. The van der Waals surface area contributed by atoms with Crippen LogP contribution in [0.3, 0.4) is 0 Å². The summed E-state index contributed by atoms with van der Waals surface area (Å²) < 4.78 is 0. The quantitative estimate of drug-likeness (QED) is 0.675. The first-order valence-corrected chi connectivity index (χ1v) is 9.40. The van der Waals surface area contributed by atoms with E-state index in [1.807, 2.05) is 18.2 Å². The fraction of sp³-hybridized carbons (Fsp3) is 0.471. The zero-order valence-electron chi connectivity index (χ0n) is 12.8. The summed E-state index contributed by atoms with van der Waals surface area (Å²) in [5, 5.41) is 2.79. The highest BCUT2D eigenvalue weighted by atomic mass is 32.2. The number of aromatic nitrogens is 1. The monoisotopic (exact) mass is 329 g/mol. The molecule has 5 nitrogen and oxygen atoms in total. The normalized spacial score (nSPS) is 24.2. The Balaban J connectivity index is 1.83. The van der Waals surface area contributed by atoms with Crippen molar-refractivity contribution in [3.8, 4) is 0 Å². The van der Waals surface area contributed by atoms with E-state index < -0.39 is 11.8 Å². The van der Waals surface area contributed by atoms with Crippen molar-refractivity contribution in [2.75, 3.05) is 18.1 Å². The number of amides is 1. The van der Waals surface area contributed by atoms with E-state index in [-0.39, 0.29) is 22.2 Å². The third kappa shape index (κ3) is 3.35. The van der Waals surface area contributed by atoms with Crippen molar-refractivity contribution in [3.05, 3.63) is 41.5 Å². The molecule has 0 bridgehead atoms. The number of ketones is 1. The molecule has 2 aliphatic rings. The molecule has 1 aromatic heterocycles. The van der Waals surface area contributed by atoms with Crippen molar-refractivity contribution in [3.63, 3.8) is 0 Å². The van der Waals surface area contributed by atoms with Gasteiger partial charge in [0.05, 0.1) is 12.5 Å². The topological polar surface area (TPSA) is 63.4 Å². The van der Waals surface area contributed by atoms with Crippen molar-refractivity contribution in [1.29, 1.82) is 0 Å². The molecule has 2 aliphatic heterocycles. The molecule has 1 aromatic rings. The van der Waals surface area contributed by atoms with Gasteiger partial charge >= 0.3 is 0 Å². The average Bonchev–Trinajstić information content (AvgIpc) is 3.20. The Bertz CT molecular complexity index is 686. The molecular weight excluding hydrogens is 310 g/mol.